The van der Waals surface area contributed by atoms with Gasteiger partial charge >= 0.3 is 0 Å². The van der Waals surface area contributed by atoms with Gasteiger partial charge in [-0.3, -0.25) is 0 Å². The van der Waals surface area contributed by atoms with Crippen molar-refractivity contribution in [3.63, 3.8) is 0 Å². The van der Waals surface area contributed by atoms with E-state index in [0.717, 1.165) is 6.42 Å². The van der Waals surface area contributed by atoms with Gasteiger partial charge in [0.25, 0.3) is 0 Å². The van der Waals surface area contributed by atoms with E-state index in [2.05, 4.69) is 36.5 Å². The maximum Gasteiger partial charge on any atom is -0.0166 e. The van der Waals surface area contributed by atoms with Crippen molar-refractivity contribution in [2.45, 2.75) is 38.5 Å². The third-order valence-corrected chi connectivity index (χ3v) is 2.06. The van der Waals surface area contributed by atoms with Crippen LogP contribution in [0, 0.1) is 0 Å². The van der Waals surface area contributed by atoms with Crippen molar-refractivity contribution >= 4 is 0 Å². The molecule has 0 aromatic heterocycles. The van der Waals surface area contributed by atoms with Crippen LogP contribution < -0.4 is 0 Å². The van der Waals surface area contributed by atoms with E-state index in [0.29, 0.717) is 0 Å². The molecule has 0 fully saturated rings. The molecule has 0 aromatic carbocycles. The SMILES string of the molecule is C1=CCCCCC/C=C\C=C\C1. The van der Waals surface area contributed by atoms with Gasteiger partial charge in [-0.15, -0.1) is 0 Å². The van der Waals surface area contributed by atoms with Gasteiger partial charge in [-0.25, -0.2) is 0 Å². The van der Waals surface area contributed by atoms with Crippen LogP contribution in [-0.4, -0.2) is 0 Å². The summed E-state index contributed by atoms with van der Waals surface area (Å²) in [6, 6.07) is 0. The van der Waals surface area contributed by atoms with E-state index < -0.39 is 0 Å². The van der Waals surface area contributed by atoms with Crippen molar-refractivity contribution < 1.29 is 0 Å². The van der Waals surface area contributed by atoms with E-state index in [1.807, 2.05) is 0 Å². The summed E-state index contributed by atoms with van der Waals surface area (Å²) in [7, 11) is 0. The van der Waals surface area contributed by atoms with E-state index in [-0.39, 0.29) is 0 Å². The van der Waals surface area contributed by atoms with E-state index in [9.17, 15) is 0 Å². The highest BCUT2D eigenvalue weighted by molar-refractivity contribution is 5.05. The summed E-state index contributed by atoms with van der Waals surface area (Å²) in [6.45, 7) is 0. The second kappa shape index (κ2) is 6.90. The minimum Gasteiger partial charge on any atom is -0.0882 e. The van der Waals surface area contributed by atoms with Gasteiger partial charge in [-0.2, -0.15) is 0 Å². The first kappa shape index (κ1) is 9.31. The summed E-state index contributed by atoms with van der Waals surface area (Å²) in [6.07, 6.45) is 21.0. The predicted octanol–water partition coefficient (Wildman–Crippen LogP) is 4.01. The smallest absolute Gasteiger partial charge is 0.0166 e. The molecule has 0 N–H and O–H groups in total. The summed E-state index contributed by atoms with van der Waals surface area (Å²) in [5.74, 6) is 0. The molecule has 0 heterocycles. The molecular formula is C12H18. The Labute approximate surface area is 75.7 Å². The summed E-state index contributed by atoms with van der Waals surface area (Å²) in [4.78, 5) is 0. The molecule has 0 aliphatic heterocycles. The van der Waals surface area contributed by atoms with Crippen LogP contribution in [-0.2, 0) is 0 Å². The Morgan fingerprint density at radius 2 is 1.33 bits per heavy atom. The average molecular weight is 162 g/mol. The molecule has 0 aromatic rings. The zero-order chi connectivity index (χ0) is 8.49. The Morgan fingerprint density at radius 3 is 2.25 bits per heavy atom. The molecule has 0 saturated heterocycles. The van der Waals surface area contributed by atoms with Crippen LogP contribution in [0.5, 0.6) is 0 Å². The van der Waals surface area contributed by atoms with Crippen LogP contribution in [0.15, 0.2) is 36.5 Å². The minimum absolute atomic E-state index is 1.09. The Bertz CT molecular complexity index is 172. The monoisotopic (exact) mass is 162 g/mol. The van der Waals surface area contributed by atoms with Crippen molar-refractivity contribution in [1.29, 1.82) is 0 Å². The molecular weight excluding hydrogens is 144 g/mol. The van der Waals surface area contributed by atoms with E-state index >= 15 is 0 Å². The fourth-order valence-corrected chi connectivity index (χ4v) is 1.33. The van der Waals surface area contributed by atoms with Crippen molar-refractivity contribution in [3.05, 3.63) is 36.5 Å². The van der Waals surface area contributed by atoms with Crippen molar-refractivity contribution in [1.82, 2.24) is 0 Å². The van der Waals surface area contributed by atoms with Gasteiger partial charge in [0.05, 0.1) is 0 Å². The maximum atomic E-state index is 2.30. The molecule has 12 heavy (non-hydrogen) atoms. The van der Waals surface area contributed by atoms with Gasteiger partial charge in [0.1, 0.15) is 0 Å². The first-order chi connectivity index (χ1) is 6.00. The minimum atomic E-state index is 1.09. The van der Waals surface area contributed by atoms with E-state index in [4.69, 9.17) is 0 Å². The third-order valence-electron chi connectivity index (χ3n) is 2.06. The Hall–Kier alpha value is -0.780. The second-order valence-corrected chi connectivity index (χ2v) is 3.20. The highest BCUT2D eigenvalue weighted by Crippen LogP contribution is 2.05. The molecule has 66 valence electrons. The average Bonchev–Trinajstić information content (AvgIpc) is 2.05. The summed E-state index contributed by atoms with van der Waals surface area (Å²) in [5.41, 5.74) is 0. The molecule has 0 spiro atoms. The fourth-order valence-electron chi connectivity index (χ4n) is 1.33. The molecule has 0 nitrogen and oxygen atoms in total. The van der Waals surface area contributed by atoms with Crippen molar-refractivity contribution in [3.8, 4) is 0 Å². The van der Waals surface area contributed by atoms with Gasteiger partial charge < -0.3 is 0 Å². The lowest BCUT2D eigenvalue weighted by atomic mass is 10.1. The molecule has 0 saturated carbocycles. The molecule has 0 atom stereocenters. The van der Waals surface area contributed by atoms with Crippen LogP contribution in [0.1, 0.15) is 38.5 Å². The molecule has 1 aliphatic carbocycles. The zero-order valence-corrected chi connectivity index (χ0v) is 7.71. The first-order valence-corrected chi connectivity index (χ1v) is 4.97. The Morgan fingerprint density at radius 1 is 0.583 bits per heavy atom. The Kier molecular flexibility index (Phi) is 5.35. The van der Waals surface area contributed by atoms with E-state index in [1.165, 1.54) is 32.1 Å². The zero-order valence-electron chi connectivity index (χ0n) is 7.71. The van der Waals surface area contributed by atoms with Gasteiger partial charge in [0.15, 0.2) is 0 Å². The second-order valence-electron chi connectivity index (χ2n) is 3.20. The van der Waals surface area contributed by atoms with Crippen LogP contribution >= 0.6 is 0 Å². The predicted molar refractivity (Wildman–Crippen MR) is 55.1 cm³/mol. The maximum absolute atomic E-state index is 2.30. The van der Waals surface area contributed by atoms with Gasteiger partial charge in [0, 0.05) is 0 Å². The largest absolute Gasteiger partial charge is 0.0882 e. The number of rotatable bonds is 0. The highest BCUT2D eigenvalue weighted by Gasteiger charge is 1.85. The third kappa shape index (κ3) is 4.95. The fraction of sp³-hybridized carbons (Fsp3) is 0.500. The highest BCUT2D eigenvalue weighted by atomic mass is 13.9. The summed E-state index contributed by atoms with van der Waals surface area (Å²) < 4.78 is 0. The number of hydrogen-bond donors (Lipinski definition) is 0. The standard InChI is InChI=1S/C12H18/c1-2-4-6-8-10-12-11-9-7-5-3-1/h1-4,7,9H,5-6,8,10-12H2/b3-1+,4-2-,9-7?. The summed E-state index contributed by atoms with van der Waals surface area (Å²) in [5, 5.41) is 0. The van der Waals surface area contributed by atoms with Crippen LogP contribution in [0.4, 0.5) is 0 Å². The molecule has 0 radical (unpaired) electrons. The molecule has 0 unspecified atom stereocenters. The number of hydrogen-bond acceptors (Lipinski definition) is 0. The van der Waals surface area contributed by atoms with E-state index in [1.54, 1.807) is 0 Å². The van der Waals surface area contributed by atoms with Crippen molar-refractivity contribution in [2.75, 3.05) is 0 Å². The molecule has 0 amide bonds. The van der Waals surface area contributed by atoms with Crippen molar-refractivity contribution in [2.24, 2.45) is 0 Å². The Balaban J connectivity index is 2.31. The lowest BCUT2D eigenvalue weighted by Crippen LogP contribution is -1.75. The molecule has 0 bridgehead atoms. The van der Waals surface area contributed by atoms with Gasteiger partial charge in [-0.1, -0.05) is 42.9 Å². The van der Waals surface area contributed by atoms with Gasteiger partial charge in [0.2, 0.25) is 0 Å². The number of allylic oxidation sites excluding steroid dienone is 6. The molecule has 1 aliphatic rings. The van der Waals surface area contributed by atoms with Crippen LogP contribution in [0.3, 0.4) is 0 Å². The quantitative estimate of drug-likeness (QED) is 0.472. The normalized spacial score (nSPS) is 25.3. The summed E-state index contributed by atoms with van der Waals surface area (Å²) >= 11 is 0. The topological polar surface area (TPSA) is 0 Å². The lowest BCUT2D eigenvalue weighted by molar-refractivity contribution is 0.695. The molecule has 0 heteroatoms. The molecule has 1 rings (SSSR count). The first-order valence-electron chi connectivity index (χ1n) is 4.97. The van der Waals surface area contributed by atoms with Gasteiger partial charge in [-0.05, 0) is 32.1 Å². The lowest BCUT2D eigenvalue weighted by Gasteiger charge is -1.95. The van der Waals surface area contributed by atoms with Crippen LogP contribution in [0.2, 0.25) is 0 Å². The van der Waals surface area contributed by atoms with Crippen LogP contribution in [0.25, 0.3) is 0 Å².